The van der Waals surface area contributed by atoms with Crippen LogP contribution in [0.5, 0.6) is 5.75 Å². The molecule has 1 amide bonds. The number of amides is 1. The van der Waals surface area contributed by atoms with Crippen LogP contribution in [0.15, 0.2) is 108 Å². The van der Waals surface area contributed by atoms with E-state index in [1.807, 2.05) is 54.6 Å². The molecule has 0 unspecified atom stereocenters. The van der Waals surface area contributed by atoms with E-state index in [9.17, 15) is 13.2 Å². The van der Waals surface area contributed by atoms with Gasteiger partial charge in [-0.3, -0.25) is 9.10 Å². The van der Waals surface area contributed by atoms with Crippen molar-refractivity contribution in [3.05, 3.63) is 130 Å². The molecule has 0 atom stereocenters. The Morgan fingerprint density at radius 2 is 1.58 bits per heavy atom. The summed E-state index contributed by atoms with van der Waals surface area (Å²) < 4.78 is 31.7. The first-order valence-electron chi connectivity index (χ1n) is 11.7. The standard InChI is InChI=1S/C29H26ClN3O4S/c1-38(35,36)33(26-8-3-2-4-9-26)20-23-11-15-24(16-12-23)29(34)32-31-19-22-13-17-27(18-14-22)37-21-25-7-5-6-10-28(25)30/h2-19H,20-21H2,1H3,(H,32,34)/b31-19-. The number of carbonyl (C=O) groups excluding carboxylic acids is 1. The molecule has 194 valence electrons. The fourth-order valence-electron chi connectivity index (χ4n) is 3.58. The third-order valence-electron chi connectivity index (χ3n) is 5.60. The number of hydrogen-bond donors (Lipinski definition) is 1. The third kappa shape index (κ3) is 7.44. The maximum absolute atomic E-state index is 12.5. The zero-order valence-corrected chi connectivity index (χ0v) is 22.2. The number of anilines is 1. The minimum Gasteiger partial charge on any atom is -0.489 e. The molecule has 38 heavy (non-hydrogen) atoms. The van der Waals surface area contributed by atoms with E-state index in [4.69, 9.17) is 16.3 Å². The molecule has 4 rings (SSSR count). The Kier molecular flexibility index (Phi) is 8.78. The van der Waals surface area contributed by atoms with Crippen molar-refractivity contribution in [2.75, 3.05) is 10.6 Å². The molecule has 0 saturated heterocycles. The summed E-state index contributed by atoms with van der Waals surface area (Å²) in [6.07, 6.45) is 2.70. The number of rotatable bonds is 10. The van der Waals surface area contributed by atoms with Crippen molar-refractivity contribution in [3.8, 4) is 5.75 Å². The Hall–Kier alpha value is -4.14. The largest absolute Gasteiger partial charge is 0.489 e. The highest BCUT2D eigenvalue weighted by molar-refractivity contribution is 7.92. The maximum atomic E-state index is 12.5. The van der Waals surface area contributed by atoms with Gasteiger partial charge in [-0.1, -0.05) is 60.1 Å². The third-order valence-corrected chi connectivity index (χ3v) is 7.11. The van der Waals surface area contributed by atoms with Gasteiger partial charge in [0, 0.05) is 16.1 Å². The summed E-state index contributed by atoms with van der Waals surface area (Å²) in [6, 6.07) is 30.4. The van der Waals surface area contributed by atoms with E-state index in [1.54, 1.807) is 48.5 Å². The zero-order chi connectivity index (χ0) is 27.0. The van der Waals surface area contributed by atoms with Crippen molar-refractivity contribution in [1.29, 1.82) is 0 Å². The lowest BCUT2D eigenvalue weighted by Gasteiger charge is -2.22. The van der Waals surface area contributed by atoms with Gasteiger partial charge in [-0.15, -0.1) is 0 Å². The molecule has 0 fully saturated rings. The van der Waals surface area contributed by atoms with E-state index >= 15 is 0 Å². The first-order chi connectivity index (χ1) is 18.3. The SMILES string of the molecule is CS(=O)(=O)N(Cc1ccc(C(=O)N/N=C\c2ccc(OCc3ccccc3Cl)cc2)cc1)c1ccccc1. The molecule has 0 spiro atoms. The minimum absolute atomic E-state index is 0.154. The van der Waals surface area contributed by atoms with E-state index < -0.39 is 10.0 Å². The second kappa shape index (κ2) is 12.4. The van der Waals surface area contributed by atoms with Gasteiger partial charge in [0.15, 0.2) is 0 Å². The van der Waals surface area contributed by atoms with Crippen molar-refractivity contribution < 1.29 is 17.9 Å². The Bertz CT molecular complexity index is 1510. The van der Waals surface area contributed by atoms with Crippen LogP contribution >= 0.6 is 11.6 Å². The molecule has 0 aliphatic heterocycles. The van der Waals surface area contributed by atoms with Gasteiger partial charge in [-0.05, 0) is 65.7 Å². The average Bonchev–Trinajstić information content (AvgIpc) is 2.92. The molecule has 4 aromatic rings. The molecule has 0 bridgehead atoms. The van der Waals surface area contributed by atoms with E-state index in [0.29, 0.717) is 28.6 Å². The fraction of sp³-hybridized carbons (Fsp3) is 0.103. The molecule has 4 aromatic carbocycles. The molecular formula is C29H26ClN3O4S. The molecule has 0 heterocycles. The number of para-hydroxylation sites is 1. The highest BCUT2D eigenvalue weighted by Gasteiger charge is 2.17. The van der Waals surface area contributed by atoms with Gasteiger partial charge in [0.2, 0.25) is 10.0 Å². The van der Waals surface area contributed by atoms with E-state index in [0.717, 1.165) is 16.7 Å². The molecule has 0 aromatic heterocycles. The molecule has 0 saturated carbocycles. The summed E-state index contributed by atoms with van der Waals surface area (Å²) in [4.78, 5) is 12.5. The predicted octanol–water partition coefficient (Wildman–Crippen LogP) is 5.65. The number of carbonyl (C=O) groups is 1. The van der Waals surface area contributed by atoms with Crippen molar-refractivity contribution in [2.24, 2.45) is 5.10 Å². The number of hydrogen-bond acceptors (Lipinski definition) is 5. The lowest BCUT2D eigenvalue weighted by atomic mass is 10.1. The van der Waals surface area contributed by atoms with Crippen LogP contribution in [0.25, 0.3) is 0 Å². The Morgan fingerprint density at radius 3 is 2.24 bits per heavy atom. The van der Waals surface area contributed by atoms with Crippen molar-refractivity contribution >= 4 is 39.4 Å². The van der Waals surface area contributed by atoms with E-state index in [1.165, 1.54) is 16.8 Å². The second-order valence-corrected chi connectivity index (χ2v) is 10.8. The van der Waals surface area contributed by atoms with Gasteiger partial charge < -0.3 is 4.74 Å². The highest BCUT2D eigenvalue weighted by Crippen LogP contribution is 2.21. The molecular weight excluding hydrogens is 522 g/mol. The van der Waals surface area contributed by atoms with Crippen LogP contribution in [-0.2, 0) is 23.2 Å². The summed E-state index contributed by atoms with van der Waals surface area (Å²) in [6.45, 7) is 0.515. The molecule has 7 nitrogen and oxygen atoms in total. The highest BCUT2D eigenvalue weighted by atomic mass is 35.5. The van der Waals surface area contributed by atoms with Crippen molar-refractivity contribution in [1.82, 2.24) is 5.43 Å². The van der Waals surface area contributed by atoms with Crippen LogP contribution < -0.4 is 14.5 Å². The number of hydrazone groups is 1. The van der Waals surface area contributed by atoms with Gasteiger partial charge >= 0.3 is 0 Å². The van der Waals surface area contributed by atoms with Crippen LogP contribution in [0.4, 0.5) is 5.69 Å². The maximum Gasteiger partial charge on any atom is 0.271 e. The van der Waals surface area contributed by atoms with Gasteiger partial charge in [-0.2, -0.15) is 5.10 Å². The average molecular weight is 548 g/mol. The molecule has 1 N–H and O–H groups in total. The Labute approximate surface area is 227 Å². The summed E-state index contributed by atoms with van der Waals surface area (Å²) >= 11 is 6.15. The zero-order valence-electron chi connectivity index (χ0n) is 20.6. The number of nitrogens with one attached hydrogen (secondary N) is 1. The summed E-state index contributed by atoms with van der Waals surface area (Å²) in [5.74, 6) is 0.309. The number of nitrogens with zero attached hydrogens (tertiary/aromatic N) is 2. The first-order valence-corrected chi connectivity index (χ1v) is 13.9. The van der Waals surface area contributed by atoms with Crippen LogP contribution in [-0.4, -0.2) is 26.8 Å². The number of benzene rings is 4. The molecule has 9 heteroatoms. The smallest absolute Gasteiger partial charge is 0.271 e. The quantitative estimate of drug-likeness (QED) is 0.205. The van der Waals surface area contributed by atoms with Crippen LogP contribution in [0, 0.1) is 0 Å². The van der Waals surface area contributed by atoms with Crippen LogP contribution in [0.1, 0.15) is 27.0 Å². The van der Waals surface area contributed by atoms with Gasteiger partial charge in [0.25, 0.3) is 5.91 Å². The number of sulfonamides is 1. The van der Waals surface area contributed by atoms with E-state index in [2.05, 4.69) is 10.5 Å². The van der Waals surface area contributed by atoms with Crippen LogP contribution in [0.3, 0.4) is 0 Å². The summed E-state index contributed by atoms with van der Waals surface area (Å²) in [5, 5.41) is 4.68. The lowest BCUT2D eigenvalue weighted by Crippen LogP contribution is -2.29. The minimum atomic E-state index is -3.48. The topological polar surface area (TPSA) is 88.1 Å². The Morgan fingerprint density at radius 1 is 0.921 bits per heavy atom. The van der Waals surface area contributed by atoms with Gasteiger partial charge in [-0.25, -0.2) is 13.8 Å². The summed E-state index contributed by atoms with van der Waals surface area (Å²) in [5.41, 5.74) is 5.92. The van der Waals surface area contributed by atoms with Gasteiger partial charge in [0.05, 0.1) is 24.7 Å². The summed E-state index contributed by atoms with van der Waals surface area (Å²) in [7, 11) is -3.48. The van der Waals surface area contributed by atoms with E-state index in [-0.39, 0.29) is 12.5 Å². The monoisotopic (exact) mass is 547 g/mol. The number of ether oxygens (including phenoxy) is 1. The molecule has 0 radical (unpaired) electrons. The molecule has 0 aliphatic rings. The van der Waals surface area contributed by atoms with Crippen LogP contribution in [0.2, 0.25) is 5.02 Å². The predicted molar refractivity (Wildman–Crippen MR) is 151 cm³/mol. The first kappa shape index (κ1) is 26.9. The van der Waals surface area contributed by atoms with Crippen molar-refractivity contribution in [2.45, 2.75) is 13.2 Å². The Balaban J connectivity index is 1.31. The van der Waals surface area contributed by atoms with Gasteiger partial charge in [0.1, 0.15) is 12.4 Å². The molecule has 0 aliphatic carbocycles. The fourth-order valence-corrected chi connectivity index (χ4v) is 4.66. The second-order valence-electron chi connectivity index (χ2n) is 8.45. The lowest BCUT2D eigenvalue weighted by molar-refractivity contribution is 0.0955. The number of halogens is 1. The van der Waals surface area contributed by atoms with Crippen molar-refractivity contribution in [3.63, 3.8) is 0 Å². The normalized spacial score (nSPS) is 11.3.